The Morgan fingerprint density at radius 2 is 1.40 bits per heavy atom. The maximum atomic E-state index is 5.91. The molecule has 0 amide bonds. The molecule has 25 heavy (non-hydrogen) atoms. The van der Waals surface area contributed by atoms with Gasteiger partial charge in [-0.25, -0.2) is 4.98 Å². The Hall–Kier alpha value is -1.53. The standard InChI is InChI=1S/C10H9Cl2N3.C6H6Cl2N2/c11-6-3-8-9(4-7(6)12)15-10(14-8)13-5-1-2-5;7-3-1-5(9)6(10)2-4(3)8/h3-5H,1-2H2,(H2,13,14,15);1-2H,9-10H2. The highest BCUT2D eigenvalue weighted by atomic mass is 35.5. The zero-order chi connectivity index (χ0) is 18.1. The highest BCUT2D eigenvalue weighted by Crippen LogP contribution is 2.29. The molecule has 4 rings (SSSR count). The molecule has 1 fully saturated rings. The zero-order valence-electron chi connectivity index (χ0n) is 12.9. The van der Waals surface area contributed by atoms with Gasteiger partial charge < -0.3 is 21.8 Å². The van der Waals surface area contributed by atoms with E-state index in [9.17, 15) is 0 Å². The number of nitrogen functional groups attached to an aromatic ring is 2. The SMILES string of the molecule is Clc1cc2nc(NC3CC3)[nH]c2cc1Cl.Nc1cc(Cl)c(Cl)cc1N. The van der Waals surface area contributed by atoms with Crippen LogP contribution in [0, 0.1) is 0 Å². The molecule has 1 heterocycles. The van der Waals surface area contributed by atoms with Gasteiger partial charge in [-0.1, -0.05) is 46.4 Å². The second-order valence-corrected chi connectivity index (χ2v) is 7.31. The lowest BCUT2D eigenvalue weighted by Gasteiger charge is -2.00. The number of fused-ring (bicyclic) bond motifs is 1. The first-order chi connectivity index (χ1) is 11.8. The van der Waals surface area contributed by atoms with E-state index in [1.54, 1.807) is 12.1 Å². The van der Waals surface area contributed by atoms with Gasteiger partial charge in [-0.2, -0.15) is 0 Å². The molecule has 0 atom stereocenters. The summed E-state index contributed by atoms with van der Waals surface area (Å²) in [6.07, 6.45) is 2.44. The van der Waals surface area contributed by atoms with E-state index >= 15 is 0 Å². The normalized spacial score (nSPS) is 13.4. The van der Waals surface area contributed by atoms with Crippen molar-refractivity contribution in [3.05, 3.63) is 44.4 Å². The quantitative estimate of drug-likeness (QED) is 0.407. The molecule has 0 radical (unpaired) electrons. The van der Waals surface area contributed by atoms with Crippen molar-refractivity contribution in [2.24, 2.45) is 0 Å². The fourth-order valence-corrected chi connectivity index (χ4v) is 2.74. The van der Waals surface area contributed by atoms with Crippen LogP contribution in [0.3, 0.4) is 0 Å². The molecule has 9 heteroatoms. The number of benzene rings is 2. The summed E-state index contributed by atoms with van der Waals surface area (Å²) in [4.78, 5) is 7.55. The highest BCUT2D eigenvalue weighted by Gasteiger charge is 2.22. The Balaban J connectivity index is 0.000000160. The second kappa shape index (κ2) is 7.38. The molecule has 5 nitrogen and oxygen atoms in total. The van der Waals surface area contributed by atoms with Gasteiger partial charge in [0.25, 0.3) is 0 Å². The van der Waals surface area contributed by atoms with E-state index in [2.05, 4.69) is 15.3 Å². The van der Waals surface area contributed by atoms with Crippen LogP contribution in [0.15, 0.2) is 24.3 Å². The molecule has 2 aromatic carbocycles. The molecule has 6 N–H and O–H groups in total. The molecule has 0 saturated heterocycles. The maximum absolute atomic E-state index is 5.91. The third-order valence-electron chi connectivity index (χ3n) is 3.57. The number of hydrogen-bond donors (Lipinski definition) is 4. The van der Waals surface area contributed by atoms with Gasteiger partial charge in [0.1, 0.15) is 0 Å². The van der Waals surface area contributed by atoms with Crippen LogP contribution in [0.2, 0.25) is 20.1 Å². The molecule has 1 aliphatic carbocycles. The van der Waals surface area contributed by atoms with E-state index in [1.165, 1.54) is 25.0 Å². The lowest BCUT2D eigenvalue weighted by Crippen LogP contribution is -2.01. The number of hydrogen-bond acceptors (Lipinski definition) is 4. The van der Waals surface area contributed by atoms with E-state index in [0.29, 0.717) is 37.5 Å². The van der Waals surface area contributed by atoms with Gasteiger partial charge in [-0.3, -0.25) is 0 Å². The minimum atomic E-state index is 0.424. The number of anilines is 3. The molecule has 132 valence electrons. The van der Waals surface area contributed by atoms with E-state index in [-0.39, 0.29) is 0 Å². The van der Waals surface area contributed by atoms with E-state index in [1.807, 2.05) is 0 Å². The third-order valence-corrected chi connectivity index (χ3v) is 5.01. The minimum Gasteiger partial charge on any atom is -0.397 e. The average Bonchev–Trinajstić information content (AvgIpc) is 3.27. The van der Waals surface area contributed by atoms with Crippen molar-refractivity contribution in [2.45, 2.75) is 18.9 Å². The Morgan fingerprint density at radius 3 is 1.96 bits per heavy atom. The van der Waals surface area contributed by atoms with Crippen molar-refractivity contribution < 1.29 is 0 Å². The van der Waals surface area contributed by atoms with Crippen molar-refractivity contribution in [1.82, 2.24) is 9.97 Å². The number of nitrogens with zero attached hydrogens (tertiary/aromatic N) is 1. The fraction of sp³-hybridized carbons (Fsp3) is 0.188. The third kappa shape index (κ3) is 4.55. The van der Waals surface area contributed by atoms with Crippen LogP contribution in [-0.2, 0) is 0 Å². The van der Waals surface area contributed by atoms with E-state index in [0.717, 1.165) is 17.0 Å². The van der Waals surface area contributed by atoms with Crippen molar-refractivity contribution in [2.75, 3.05) is 16.8 Å². The van der Waals surface area contributed by atoms with Gasteiger partial charge >= 0.3 is 0 Å². The van der Waals surface area contributed by atoms with E-state index in [4.69, 9.17) is 57.9 Å². The molecule has 0 bridgehead atoms. The number of H-pyrrole nitrogens is 1. The first-order valence-electron chi connectivity index (χ1n) is 7.45. The first-order valence-corrected chi connectivity index (χ1v) is 8.96. The van der Waals surface area contributed by atoms with Gasteiger partial charge in [0.05, 0.1) is 42.5 Å². The van der Waals surface area contributed by atoms with Crippen LogP contribution in [0.5, 0.6) is 0 Å². The summed E-state index contributed by atoms with van der Waals surface area (Å²) in [5.74, 6) is 0.797. The topological polar surface area (TPSA) is 92.8 Å². The molecule has 1 aromatic heterocycles. The summed E-state index contributed by atoms with van der Waals surface area (Å²) in [7, 11) is 0. The van der Waals surface area contributed by atoms with Crippen molar-refractivity contribution in [3.8, 4) is 0 Å². The lowest BCUT2D eigenvalue weighted by atomic mass is 10.3. The Bertz CT molecular complexity index is 831. The number of rotatable bonds is 2. The van der Waals surface area contributed by atoms with Crippen molar-refractivity contribution in [1.29, 1.82) is 0 Å². The fourth-order valence-electron chi connectivity index (χ4n) is 2.07. The number of nitrogens with one attached hydrogen (secondary N) is 2. The molecule has 3 aromatic rings. The van der Waals surface area contributed by atoms with Crippen molar-refractivity contribution >= 4 is 74.8 Å². The maximum Gasteiger partial charge on any atom is 0.201 e. The number of aromatic amines is 1. The largest absolute Gasteiger partial charge is 0.397 e. The Kier molecular flexibility index (Phi) is 5.39. The van der Waals surface area contributed by atoms with Crippen LogP contribution in [0.4, 0.5) is 17.3 Å². The summed E-state index contributed by atoms with van der Waals surface area (Å²) in [6, 6.07) is 7.20. The van der Waals surface area contributed by atoms with Gasteiger partial charge in [0.2, 0.25) is 5.95 Å². The molecule has 0 aliphatic heterocycles. The summed E-state index contributed by atoms with van der Waals surface area (Å²) in [5.41, 5.74) is 13.5. The summed E-state index contributed by atoms with van der Waals surface area (Å²) in [6.45, 7) is 0. The number of halogens is 4. The van der Waals surface area contributed by atoms with Gasteiger partial charge in [-0.05, 0) is 37.1 Å². The van der Waals surface area contributed by atoms with Crippen LogP contribution in [0.1, 0.15) is 12.8 Å². The smallest absolute Gasteiger partial charge is 0.201 e. The number of imidazole rings is 1. The molecular weight excluding hydrogens is 404 g/mol. The molecule has 1 aliphatic rings. The number of aromatic nitrogens is 2. The highest BCUT2D eigenvalue weighted by molar-refractivity contribution is 6.43. The Labute approximate surface area is 164 Å². The first kappa shape index (κ1) is 18.3. The zero-order valence-corrected chi connectivity index (χ0v) is 15.9. The summed E-state index contributed by atoms with van der Waals surface area (Å²) < 4.78 is 0. The van der Waals surface area contributed by atoms with Gasteiger partial charge in [0.15, 0.2) is 0 Å². The van der Waals surface area contributed by atoms with Gasteiger partial charge in [-0.15, -0.1) is 0 Å². The molecule has 1 saturated carbocycles. The molecule has 0 unspecified atom stereocenters. The second-order valence-electron chi connectivity index (χ2n) is 5.68. The lowest BCUT2D eigenvalue weighted by molar-refractivity contribution is 1.10. The van der Waals surface area contributed by atoms with Crippen LogP contribution < -0.4 is 16.8 Å². The summed E-state index contributed by atoms with van der Waals surface area (Å²) >= 11 is 23.1. The minimum absolute atomic E-state index is 0.424. The monoisotopic (exact) mass is 417 g/mol. The van der Waals surface area contributed by atoms with Crippen LogP contribution in [-0.4, -0.2) is 16.0 Å². The Morgan fingerprint density at radius 1 is 0.880 bits per heavy atom. The van der Waals surface area contributed by atoms with Gasteiger partial charge in [0, 0.05) is 6.04 Å². The summed E-state index contributed by atoms with van der Waals surface area (Å²) in [5, 5.41) is 5.22. The molecule has 0 spiro atoms. The average molecular weight is 419 g/mol. The number of nitrogens with two attached hydrogens (primary N) is 2. The van der Waals surface area contributed by atoms with Crippen molar-refractivity contribution in [3.63, 3.8) is 0 Å². The van der Waals surface area contributed by atoms with Crippen LogP contribution in [0.25, 0.3) is 11.0 Å². The predicted molar refractivity (Wildman–Crippen MR) is 108 cm³/mol. The van der Waals surface area contributed by atoms with E-state index < -0.39 is 0 Å². The van der Waals surface area contributed by atoms with Crippen LogP contribution >= 0.6 is 46.4 Å². The molecular formula is C16H15Cl4N5. The predicted octanol–water partition coefficient (Wildman–Crippen LogP) is 5.60.